The van der Waals surface area contributed by atoms with Crippen LogP contribution in [-0.2, 0) is 11.3 Å². The van der Waals surface area contributed by atoms with Crippen molar-refractivity contribution in [3.05, 3.63) is 29.8 Å². The molecular formula is C18H29N3O2. The molecule has 0 aromatic heterocycles. The van der Waals surface area contributed by atoms with E-state index in [4.69, 9.17) is 14.5 Å². The summed E-state index contributed by atoms with van der Waals surface area (Å²) < 4.78 is 10.8. The van der Waals surface area contributed by atoms with Crippen LogP contribution in [0.1, 0.15) is 31.7 Å². The van der Waals surface area contributed by atoms with Crippen molar-refractivity contribution in [1.29, 1.82) is 0 Å². The quantitative estimate of drug-likeness (QED) is 0.455. The molecule has 1 heterocycles. The minimum atomic E-state index is 0.675. The number of benzene rings is 1. The largest absolute Gasteiger partial charge is 0.493 e. The van der Waals surface area contributed by atoms with E-state index in [9.17, 15) is 0 Å². The number of ether oxygens (including phenoxy) is 2. The molecule has 0 saturated carbocycles. The number of nitrogens with zero attached hydrogens (tertiary/aromatic N) is 2. The van der Waals surface area contributed by atoms with Crippen LogP contribution in [0.4, 0.5) is 0 Å². The van der Waals surface area contributed by atoms with Crippen LogP contribution >= 0.6 is 0 Å². The Kier molecular flexibility index (Phi) is 7.73. The lowest BCUT2D eigenvalue weighted by atomic mass is 10.2. The summed E-state index contributed by atoms with van der Waals surface area (Å²) in [6.45, 7) is 7.30. The minimum Gasteiger partial charge on any atom is -0.493 e. The molecule has 5 heteroatoms. The van der Waals surface area contributed by atoms with Crippen LogP contribution in [0.15, 0.2) is 29.3 Å². The van der Waals surface area contributed by atoms with Crippen LogP contribution in [0.5, 0.6) is 5.75 Å². The van der Waals surface area contributed by atoms with Gasteiger partial charge in [0.15, 0.2) is 5.96 Å². The molecule has 0 radical (unpaired) electrons. The van der Waals surface area contributed by atoms with Gasteiger partial charge in [-0.15, -0.1) is 0 Å². The fourth-order valence-electron chi connectivity index (χ4n) is 2.65. The van der Waals surface area contributed by atoms with Crippen molar-refractivity contribution in [1.82, 2.24) is 10.2 Å². The van der Waals surface area contributed by atoms with Gasteiger partial charge in [0.05, 0.1) is 13.2 Å². The molecule has 1 aromatic rings. The third-order valence-electron chi connectivity index (χ3n) is 3.81. The zero-order chi connectivity index (χ0) is 16.3. The monoisotopic (exact) mass is 319 g/mol. The number of rotatable bonds is 8. The predicted molar refractivity (Wildman–Crippen MR) is 94.1 cm³/mol. The smallest absolute Gasteiger partial charge is 0.194 e. The molecule has 1 aliphatic rings. The first-order valence-corrected chi connectivity index (χ1v) is 8.57. The molecule has 0 aliphatic carbocycles. The SMILES string of the molecule is CCNC(=NCc1cccc(OCCCOC)c1)N1CCCC1. The summed E-state index contributed by atoms with van der Waals surface area (Å²) in [5.41, 5.74) is 1.17. The Morgan fingerprint density at radius 2 is 2.09 bits per heavy atom. The maximum absolute atomic E-state index is 5.75. The molecular weight excluding hydrogens is 290 g/mol. The Morgan fingerprint density at radius 3 is 2.83 bits per heavy atom. The first kappa shape index (κ1) is 17.6. The fourth-order valence-corrected chi connectivity index (χ4v) is 2.65. The number of guanidine groups is 1. The number of hydrogen-bond acceptors (Lipinski definition) is 3. The predicted octanol–water partition coefficient (Wildman–Crippen LogP) is 2.66. The number of likely N-dealkylation sites (tertiary alicyclic amines) is 1. The van der Waals surface area contributed by atoms with E-state index in [-0.39, 0.29) is 0 Å². The van der Waals surface area contributed by atoms with Crippen molar-refractivity contribution >= 4 is 5.96 Å². The van der Waals surface area contributed by atoms with Gasteiger partial charge in [-0.2, -0.15) is 0 Å². The molecule has 5 nitrogen and oxygen atoms in total. The zero-order valence-electron chi connectivity index (χ0n) is 14.4. The van der Waals surface area contributed by atoms with Crippen molar-refractivity contribution in [2.45, 2.75) is 32.7 Å². The Balaban J connectivity index is 1.91. The highest BCUT2D eigenvalue weighted by Crippen LogP contribution is 2.15. The average molecular weight is 319 g/mol. The molecule has 23 heavy (non-hydrogen) atoms. The molecule has 128 valence electrons. The molecule has 1 N–H and O–H groups in total. The number of hydrogen-bond donors (Lipinski definition) is 1. The molecule has 1 fully saturated rings. The number of nitrogens with one attached hydrogen (secondary N) is 1. The van der Waals surface area contributed by atoms with Crippen LogP contribution in [0.3, 0.4) is 0 Å². The average Bonchev–Trinajstić information content (AvgIpc) is 3.10. The standard InChI is InChI=1S/C18H29N3O2/c1-3-19-18(21-10-4-5-11-21)20-15-16-8-6-9-17(14-16)23-13-7-12-22-2/h6,8-9,14H,3-5,7,10-13,15H2,1-2H3,(H,19,20). The third kappa shape index (κ3) is 6.10. The summed E-state index contributed by atoms with van der Waals surface area (Å²) in [6.07, 6.45) is 3.42. The van der Waals surface area contributed by atoms with Crippen LogP contribution in [-0.4, -0.2) is 50.8 Å². The van der Waals surface area contributed by atoms with Crippen molar-refractivity contribution < 1.29 is 9.47 Å². The van der Waals surface area contributed by atoms with Gasteiger partial charge in [-0.3, -0.25) is 0 Å². The van der Waals surface area contributed by atoms with Gasteiger partial charge in [0.1, 0.15) is 5.75 Å². The topological polar surface area (TPSA) is 46.1 Å². The molecule has 2 rings (SSSR count). The molecule has 1 aliphatic heterocycles. The van der Waals surface area contributed by atoms with Gasteiger partial charge < -0.3 is 19.7 Å². The lowest BCUT2D eigenvalue weighted by molar-refractivity contribution is 0.172. The maximum Gasteiger partial charge on any atom is 0.194 e. The minimum absolute atomic E-state index is 0.675. The van der Waals surface area contributed by atoms with E-state index in [1.807, 2.05) is 12.1 Å². The highest BCUT2D eigenvalue weighted by Gasteiger charge is 2.15. The summed E-state index contributed by atoms with van der Waals surface area (Å²) in [4.78, 5) is 7.11. The Labute approximate surface area is 139 Å². The lowest BCUT2D eigenvalue weighted by Crippen LogP contribution is -2.39. The van der Waals surface area contributed by atoms with E-state index in [0.717, 1.165) is 44.4 Å². The van der Waals surface area contributed by atoms with Crippen molar-refractivity contribution in [3.8, 4) is 5.75 Å². The normalized spacial score (nSPS) is 15.0. The van der Waals surface area contributed by atoms with E-state index in [1.54, 1.807) is 7.11 Å². The van der Waals surface area contributed by atoms with E-state index in [1.165, 1.54) is 18.4 Å². The molecule has 1 aromatic carbocycles. The van der Waals surface area contributed by atoms with Gasteiger partial charge >= 0.3 is 0 Å². The number of aliphatic imine (C=N–C) groups is 1. The zero-order valence-corrected chi connectivity index (χ0v) is 14.4. The molecule has 0 spiro atoms. The highest BCUT2D eigenvalue weighted by atomic mass is 16.5. The second-order valence-corrected chi connectivity index (χ2v) is 5.71. The second kappa shape index (κ2) is 10.1. The lowest BCUT2D eigenvalue weighted by Gasteiger charge is -2.20. The van der Waals surface area contributed by atoms with Crippen LogP contribution in [0, 0.1) is 0 Å². The molecule has 1 saturated heterocycles. The van der Waals surface area contributed by atoms with Gasteiger partial charge in [0.25, 0.3) is 0 Å². The summed E-state index contributed by atoms with van der Waals surface area (Å²) in [7, 11) is 1.71. The van der Waals surface area contributed by atoms with E-state index >= 15 is 0 Å². The summed E-state index contributed by atoms with van der Waals surface area (Å²) in [5, 5.41) is 3.39. The van der Waals surface area contributed by atoms with Gasteiger partial charge in [-0.05, 0) is 37.5 Å². The van der Waals surface area contributed by atoms with Crippen molar-refractivity contribution in [3.63, 3.8) is 0 Å². The number of methoxy groups -OCH3 is 1. The summed E-state index contributed by atoms with van der Waals surface area (Å²) in [5.74, 6) is 1.93. The van der Waals surface area contributed by atoms with Gasteiger partial charge in [-0.1, -0.05) is 12.1 Å². The Hall–Kier alpha value is -1.75. The van der Waals surface area contributed by atoms with Crippen LogP contribution < -0.4 is 10.1 Å². The Morgan fingerprint density at radius 1 is 1.26 bits per heavy atom. The summed E-state index contributed by atoms with van der Waals surface area (Å²) in [6, 6.07) is 8.19. The van der Waals surface area contributed by atoms with Crippen molar-refractivity contribution in [2.24, 2.45) is 4.99 Å². The van der Waals surface area contributed by atoms with Crippen molar-refractivity contribution in [2.75, 3.05) is 40.0 Å². The van der Waals surface area contributed by atoms with E-state index in [0.29, 0.717) is 13.2 Å². The Bertz CT molecular complexity index is 485. The fraction of sp³-hybridized carbons (Fsp3) is 0.611. The van der Waals surface area contributed by atoms with E-state index in [2.05, 4.69) is 29.3 Å². The first-order valence-electron chi connectivity index (χ1n) is 8.57. The highest BCUT2D eigenvalue weighted by molar-refractivity contribution is 5.80. The first-order chi connectivity index (χ1) is 11.3. The van der Waals surface area contributed by atoms with Crippen LogP contribution in [0.25, 0.3) is 0 Å². The molecule has 0 bridgehead atoms. The van der Waals surface area contributed by atoms with Gasteiger partial charge in [0, 0.05) is 39.8 Å². The second-order valence-electron chi connectivity index (χ2n) is 5.71. The summed E-state index contributed by atoms with van der Waals surface area (Å²) >= 11 is 0. The van der Waals surface area contributed by atoms with E-state index < -0.39 is 0 Å². The molecule has 0 amide bonds. The molecule has 0 atom stereocenters. The maximum atomic E-state index is 5.75. The third-order valence-corrected chi connectivity index (χ3v) is 3.81. The van der Waals surface area contributed by atoms with Crippen LogP contribution in [0.2, 0.25) is 0 Å². The van der Waals surface area contributed by atoms with Gasteiger partial charge in [0.2, 0.25) is 0 Å². The van der Waals surface area contributed by atoms with Gasteiger partial charge in [-0.25, -0.2) is 4.99 Å². The molecule has 0 unspecified atom stereocenters.